The Kier molecular flexibility index (Phi) is 6.64. The van der Waals surface area contributed by atoms with Gasteiger partial charge >= 0.3 is 17.9 Å². The minimum atomic E-state index is -1.33. The molecular weight excluding hydrogens is 428 g/mol. The van der Waals surface area contributed by atoms with Crippen LogP contribution in [0.15, 0.2) is 41.6 Å². The number of esters is 2. The van der Waals surface area contributed by atoms with Crippen LogP contribution in [-0.2, 0) is 33.4 Å². The number of rotatable bonds is 7. The number of thioether (sulfide) groups is 1. The molecule has 0 radical (unpaired) electrons. The Morgan fingerprint density at radius 3 is 2.45 bits per heavy atom. The molecule has 2 aliphatic rings. The van der Waals surface area contributed by atoms with Crippen molar-refractivity contribution in [1.29, 1.82) is 0 Å². The third kappa shape index (κ3) is 4.71. The summed E-state index contributed by atoms with van der Waals surface area (Å²) in [6.07, 6.45) is -1.25. The van der Waals surface area contributed by atoms with Crippen molar-refractivity contribution in [2.75, 3.05) is 12.4 Å². The minimum Gasteiger partial charge on any atom is -0.477 e. The molecular formula is C20H20N2O8S. The van der Waals surface area contributed by atoms with Crippen molar-refractivity contribution in [1.82, 2.24) is 10.2 Å². The lowest BCUT2D eigenvalue weighted by molar-refractivity contribution is -0.157. The number of amides is 2. The molecule has 1 saturated heterocycles. The van der Waals surface area contributed by atoms with Gasteiger partial charge in [-0.3, -0.25) is 24.1 Å². The Hall–Kier alpha value is -3.34. The Labute approximate surface area is 181 Å². The molecule has 1 aromatic carbocycles. The monoisotopic (exact) mass is 448 g/mol. The summed E-state index contributed by atoms with van der Waals surface area (Å²) in [6.45, 7) is 2.14. The van der Waals surface area contributed by atoms with E-state index in [0.717, 1.165) is 4.90 Å². The van der Waals surface area contributed by atoms with Gasteiger partial charge in [-0.25, -0.2) is 4.79 Å². The third-order valence-electron chi connectivity index (χ3n) is 4.62. The Bertz CT molecular complexity index is 961. The number of carboxylic acids is 1. The first kappa shape index (κ1) is 22.3. The lowest BCUT2D eigenvalue weighted by atomic mass is 10.0. The summed E-state index contributed by atoms with van der Waals surface area (Å²) in [5.74, 6) is -3.65. The van der Waals surface area contributed by atoms with Gasteiger partial charge < -0.3 is 19.9 Å². The smallest absolute Gasteiger partial charge is 0.352 e. The molecule has 3 rings (SSSR count). The fraction of sp³-hybridized carbons (Fsp3) is 0.350. The van der Waals surface area contributed by atoms with Gasteiger partial charge in [0.05, 0.1) is 0 Å². The summed E-state index contributed by atoms with van der Waals surface area (Å²) in [7, 11) is 0. The lowest BCUT2D eigenvalue weighted by Crippen LogP contribution is -2.71. The van der Waals surface area contributed by atoms with E-state index in [1.165, 1.54) is 25.6 Å². The van der Waals surface area contributed by atoms with E-state index >= 15 is 0 Å². The first-order chi connectivity index (χ1) is 14.7. The summed E-state index contributed by atoms with van der Waals surface area (Å²) in [5.41, 5.74) is 0.481. The van der Waals surface area contributed by atoms with Crippen molar-refractivity contribution in [3.63, 3.8) is 0 Å². The molecule has 1 fully saturated rings. The second-order valence-corrected chi connectivity index (χ2v) is 7.94. The van der Waals surface area contributed by atoms with Gasteiger partial charge in [0, 0.05) is 30.7 Å². The summed E-state index contributed by atoms with van der Waals surface area (Å²) < 4.78 is 10.0. The second-order valence-electron chi connectivity index (χ2n) is 6.83. The Balaban J connectivity index is 1.77. The molecule has 2 unspecified atom stereocenters. The molecule has 0 aliphatic carbocycles. The van der Waals surface area contributed by atoms with Gasteiger partial charge in [0.1, 0.15) is 23.7 Å². The maximum absolute atomic E-state index is 12.8. The van der Waals surface area contributed by atoms with Crippen molar-refractivity contribution in [2.45, 2.75) is 31.4 Å². The van der Waals surface area contributed by atoms with Gasteiger partial charge in [0.25, 0.3) is 11.8 Å². The zero-order chi connectivity index (χ0) is 22.7. The SMILES string of the molecule is CC(=O)OCC1=C(C(=O)O)N2C(=O)C(NC(=O)C(OC(C)=O)c3ccccc3)[C@@H]2SC1. The first-order valence-electron chi connectivity index (χ1n) is 9.26. The number of carboxylic acid groups (broad SMARTS) is 1. The summed E-state index contributed by atoms with van der Waals surface area (Å²) in [5, 5.41) is 11.5. The van der Waals surface area contributed by atoms with Crippen LogP contribution < -0.4 is 5.32 Å². The van der Waals surface area contributed by atoms with Gasteiger partial charge in [0.15, 0.2) is 0 Å². The molecule has 31 heavy (non-hydrogen) atoms. The van der Waals surface area contributed by atoms with Crippen molar-refractivity contribution in [2.24, 2.45) is 0 Å². The predicted octanol–water partition coefficient (Wildman–Crippen LogP) is 0.593. The zero-order valence-electron chi connectivity index (χ0n) is 16.7. The van der Waals surface area contributed by atoms with Crippen LogP contribution in [0.5, 0.6) is 0 Å². The van der Waals surface area contributed by atoms with Crippen LogP contribution in [0.1, 0.15) is 25.5 Å². The average Bonchev–Trinajstić information content (AvgIpc) is 2.73. The highest BCUT2D eigenvalue weighted by atomic mass is 32.2. The van der Waals surface area contributed by atoms with Crippen molar-refractivity contribution in [3.05, 3.63) is 47.2 Å². The molecule has 2 amide bonds. The van der Waals surface area contributed by atoms with Crippen LogP contribution in [0.3, 0.4) is 0 Å². The van der Waals surface area contributed by atoms with Crippen molar-refractivity contribution >= 4 is 41.5 Å². The number of carbonyl (C=O) groups is 5. The molecule has 164 valence electrons. The molecule has 0 bridgehead atoms. The van der Waals surface area contributed by atoms with Crippen molar-refractivity contribution < 1.29 is 38.6 Å². The normalized spacial score (nSPS) is 20.8. The number of nitrogens with zero attached hydrogens (tertiary/aromatic N) is 1. The molecule has 0 saturated carbocycles. The number of carbonyl (C=O) groups excluding carboxylic acids is 4. The second kappa shape index (κ2) is 9.21. The Morgan fingerprint density at radius 1 is 1.19 bits per heavy atom. The molecule has 11 heteroatoms. The molecule has 2 heterocycles. The minimum absolute atomic E-state index is 0.210. The standard InChI is InChI=1S/C20H20N2O8S/c1-10(23)29-8-13-9-31-19-14(18(26)22(19)15(13)20(27)28)21-17(25)16(30-11(2)24)12-6-4-3-5-7-12/h3-7,14,16,19H,8-9H2,1-2H3,(H,21,25)(H,27,28)/t14?,16?,19-/m0/s1. The van der Waals surface area contributed by atoms with Crippen LogP contribution >= 0.6 is 11.8 Å². The van der Waals surface area contributed by atoms with E-state index in [2.05, 4.69) is 5.32 Å². The highest BCUT2D eigenvalue weighted by Crippen LogP contribution is 2.40. The van der Waals surface area contributed by atoms with Crippen LogP contribution in [0.2, 0.25) is 0 Å². The van der Waals surface area contributed by atoms with E-state index in [0.29, 0.717) is 11.1 Å². The first-order valence-corrected chi connectivity index (χ1v) is 10.3. The average molecular weight is 448 g/mol. The number of fused-ring (bicyclic) bond motifs is 1. The highest BCUT2D eigenvalue weighted by molar-refractivity contribution is 8.00. The fourth-order valence-electron chi connectivity index (χ4n) is 3.28. The van der Waals surface area contributed by atoms with Gasteiger partial charge in [-0.15, -0.1) is 11.8 Å². The van der Waals surface area contributed by atoms with Crippen LogP contribution in [0, 0.1) is 0 Å². The highest BCUT2D eigenvalue weighted by Gasteiger charge is 2.54. The molecule has 3 atom stereocenters. The molecule has 1 aromatic rings. The van der Waals surface area contributed by atoms with Gasteiger partial charge in [0.2, 0.25) is 6.10 Å². The number of benzene rings is 1. The summed E-state index contributed by atoms with van der Waals surface area (Å²) in [6, 6.07) is 7.35. The Morgan fingerprint density at radius 2 is 1.87 bits per heavy atom. The quantitative estimate of drug-likeness (QED) is 0.453. The van der Waals surface area contributed by atoms with Gasteiger partial charge in [-0.1, -0.05) is 30.3 Å². The van der Waals surface area contributed by atoms with E-state index in [-0.39, 0.29) is 18.1 Å². The van der Waals surface area contributed by atoms with E-state index in [1.807, 2.05) is 0 Å². The molecule has 2 N–H and O–H groups in total. The maximum Gasteiger partial charge on any atom is 0.352 e. The number of nitrogens with one attached hydrogen (secondary N) is 1. The number of ether oxygens (including phenoxy) is 2. The predicted molar refractivity (Wildman–Crippen MR) is 107 cm³/mol. The van der Waals surface area contributed by atoms with Crippen LogP contribution in [-0.4, -0.2) is 63.5 Å². The number of hydrogen-bond donors (Lipinski definition) is 2. The van der Waals surface area contributed by atoms with Crippen molar-refractivity contribution in [3.8, 4) is 0 Å². The zero-order valence-corrected chi connectivity index (χ0v) is 17.5. The van der Waals surface area contributed by atoms with Crippen LogP contribution in [0.4, 0.5) is 0 Å². The number of aliphatic carboxylic acids is 1. The topological polar surface area (TPSA) is 139 Å². The van der Waals surface area contributed by atoms with E-state index in [9.17, 15) is 29.1 Å². The van der Waals surface area contributed by atoms with E-state index in [4.69, 9.17) is 9.47 Å². The lowest BCUT2D eigenvalue weighted by Gasteiger charge is -2.49. The number of hydrogen-bond acceptors (Lipinski definition) is 8. The molecule has 0 spiro atoms. The number of β-lactam (4-membered cyclic amide) rings is 1. The largest absolute Gasteiger partial charge is 0.477 e. The third-order valence-corrected chi connectivity index (χ3v) is 5.96. The molecule has 10 nitrogen and oxygen atoms in total. The summed E-state index contributed by atoms with van der Waals surface area (Å²) >= 11 is 1.24. The fourth-order valence-corrected chi connectivity index (χ4v) is 4.61. The maximum atomic E-state index is 12.8. The van der Waals surface area contributed by atoms with E-state index in [1.54, 1.807) is 30.3 Å². The van der Waals surface area contributed by atoms with E-state index < -0.39 is 47.2 Å². The van der Waals surface area contributed by atoms with Gasteiger partial charge in [-0.05, 0) is 0 Å². The molecule has 2 aliphatic heterocycles. The van der Waals surface area contributed by atoms with Gasteiger partial charge in [-0.2, -0.15) is 0 Å². The van der Waals surface area contributed by atoms with Crippen LogP contribution in [0.25, 0.3) is 0 Å². The summed E-state index contributed by atoms with van der Waals surface area (Å²) in [4.78, 5) is 60.8. The molecule has 0 aromatic heterocycles.